The molecule has 0 aliphatic heterocycles. The molecule has 19 heavy (non-hydrogen) atoms. The second-order valence-corrected chi connectivity index (χ2v) is 4.53. The minimum atomic E-state index is -1.05. The predicted molar refractivity (Wildman–Crippen MR) is 72.6 cm³/mol. The zero-order valence-corrected chi connectivity index (χ0v) is 10.5. The molecule has 2 aromatic heterocycles. The molecule has 0 aliphatic rings. The van der Waals surface area contributed by atoms with Gasteiger partial charge in [0.15, 0.2) is 5.69 Å². The minimum Gasteiger partial charge on any atom is -0.476 e. The summed E-state index contributed by atoms with van der Waals surface area (Å²) in [4.78, 5) is 11.1. The molecular weight excluding hydrogens is 264 g/mol. The molecule has 2 heterocycles. The highest BCUT2D eigenvalue weighted by atomic mass is 35.5. The third-order valence-corrected chi connectivity index (χ3v) is 3.13. The van der Waals surface area contributed by atoms with Gasteiger partial charge < -0.3 is 5.11 Å². The lowest BCUT2D eigenvalue weighted by Gasteiger charge is -2.06. The van der Waals surface area contributed by atoms with Crippen LogP contribution in [0.5, 0.6) is 0 Å². The molecule has 5 heteroatoms. The Hall–Kier alpha value is -2.33. The number of aromatic carboxylic acids is 1. The summed E-state index contributed by atoms with van der Waals surface area (Å²) in [6.45, 7) is 0. The Morgan fingerprint density at radius 1 is 1.21 bits per heavy atom. The van der Waals surface area contributed by atoms with Crippen LogP contribution in [0.15, 0.2) is 48.7 Å². The van der Waals surface area contributed by atoms with E-state index < -0.39 is 5.97 Å². The number of carboxylic acids is 1. The fourth-order valence-electron chi connectivity index (χ4n) is 1.99. The van der Waals surface area contributed by atoms with E-state index in [1.54, 1.807) is 28.9 Å². The first-order valence-corrected chi connectivity index (χ1v) is 6.00. The van der Waals surface area contributed by atoms with Gasteiger partial charge in [0.25, 0.3) is 0 Å². The van der Waals surface area contributed by atoms with Gasteiger partial charge in [-0.25, -0.2) is 9.31 Å². The fraction of sp³-hybridized carbons (Fsp3) is 0. The van der Waals surface area contributed by atoms with E-state index in [9.17, 15) is 4.79 Å². The first-order chi connectivity index (χ1) is 9.15. The average molecular weight is 273 g/mol. The quantitative estimate of drug-likeness (QED) is 0.778. The number of hydrogen-bond acceptors (Lipinski definition) is 2. The molecule has 0 saturated carbocycles. The maximum absolute atomic E-state index is 11.1. The lowest BCUT2D eigenvalue weighted by atomic mass is 10.1. The van der Waals surface area contributed by atoms with Gasteiger partial charge in [0.1, 0.15) is 0 Å². The van der Waals surface area contributed by atoms with E-state index in [4.69, 9.17) is 16.7 Å². The summed E-state index contributed by atoms with van der Waals surface area (Å²) < 4.78 is 1.56. The molecule has 0 fully saturated rings. The van der Waals surface area contributed by atoms with E-state index in [1.165, 1.54) is 0 Å². The van der Waals surface area contributed by atoms with Gasteiger partial charge in [-0.15, -0.1) is 0 Å². The molecule has 0 unspecified atom stereocenters. The lowest BCUT2D eigenvalue weighted by molar-refractivity contribution is 0.0689. The van der Waals surface area contributed by atoms with Gasteiger partial charge in [0.05, 0.1) is 5.52 Å². The number of halogens is 1. The van der Waals surface area contributed by atoms with Crippen molar-refractivity contribution >= 4 is 23.1 Å². The third kappa shape index (κ3) is 2.06. The Bertz CT molecular complexity index is 763. The van der Waals surface area contributed by atoms with Crippen molar-refractivity contribution in [2.75, 3.05) is 0 Å². The first kappa shape index (κ1) is 11.7. The maximum Gasteiger partial charge on any atom is 0.356 e. The van der Waals surface area contributed by atoms with Gasteiger partial charge in [-0.2, -0.15) is 5.10 Å². The van der Waals surface area contributed by atoms with Gasteiger partial charge in [0.2, 0.25) is 0 Å². The largest absolute Gasteiger partial charge is 0.476 e. The van der Waals surface area contributed by atoms with Gasteiger partial charge in [-0.1, -0.05) is 23.7 Å². The summed E-state index contributed by atoms with van der Waals surface area (Å²) in [7, 11) is 0. The van der Waals surface area contributed by atoms with Crippen molar-refractivity contribution in [3.63, 3.8) is 0 Å². The Kier molecular flexibility index (Phi) is 2.72. The molecule has 1 aromatic carbocycles. The van der Waals surface area contributed by atoms with Crippen LogP contribution in [0, 0.1) is 0 Å². The smallest absolute Gasteiger partial charge is 0.356 e. The maximum atomic E-state index is 11.1. The Balaban J connectivity index is 2.29. The van der Waals surface area contributed by atoms with E-state index in [0.717, 1.165) is 16.6 Å². The summed E-state index contributed by atoms with van der Waals surface area (Å²) in [5.74, 6) is -1.05. The van der Waals surface area contributed by atoms with Gasteiger partial charge in [-0.3, -0.25) is 0 Å². The number of benzene rings is 1. The molecule has 0 aliphatic carbocycles. The minimum absolute atomic E-state index is 0.00801. The summed E-state index contributed by atoms with van der Waals surface area (Å²) in [5.41, 5.74) is 2.58. The Morgan fingerprint density at radius 3 is 2.63 bits per heavy atom. The molecule has 1 N–H and O–H groups in total. The van der Waals surface area contributed by atoms with Gasteiger partial charge in [0, 0.05) is 16.8 Å². The topological polar surface area (TPSA) is 54.6 Å². The summed E-state index contributed by atoms with van der Waals surface area (Å²) in [5, 5.41) is 13.8. The zero-order valence-electron chi connectivity index (χ0n) is 9.75. The van der Waals surface area contributed by atoms with Crippen molar-refractivity contribution in [1.82, 2.24) is 9.61 Å². The second kappa shape index (κ2) is 4.40. The Labute approximate surface area is 113 Å². The van der Waals surface area contributed by atoms with Crippen molar-refractivity contribution in [3.05, 3.63) is 59.4 Å². The van der Waals surface area contributed by atoms with Crippen LogP contribution in [0.1, 0.15) is 10.5 Å². The number of rotatable bonds is 2. The molecular formula is C14H9ClN2O2. The molecule has 3 rings (SSSR count). The van der Waals surface area contributed by atoms with Crippen molar-refractivity contribution in [3.8, 4) is 11.1 Å². The molecule has 0 atom stereocenters. The van der Waals surface area contributed by atoms with E-state index in [1.807, 2.05) is 24.3 Å². The molecule has 0 radical (unpaired) electrons. The highest BCUT2D eigenvalue weighted by Gasteiger charge is 2.12. The monoisotopic (exact) mass is 272 g/mol. The molecule has 0 amide bonds. The van der Waals surface area contributed by atoms with E-state index in [0.29, 0.717) is 5.02 Å². The number of nitrogens with zero attached hydrogens (tertiary/aromatic N) is 2. The van der Waals surface area contributed by atoms with E-state index >= 15 is 0 Å². The lowest BCUT2D eigenvalue weighted by Crippen LogP contribution is -2.05. The molecule has 4 nitrogen and oxygen atoms in total. The number of hydrogen-bond donors (Lipinski definition) is 1. The molecule has 0 saturated heterocycles. The predicted octanol–water partition coefficient (Wildman–Crippen LogP) is 3.35. The molecule has 0 spiro atoms. The normalized spacial score (nSPS) is 10.8. The van der Waals surface area contributed by atoms with Crippen LogP contribution in [0.4, 0.5) is 0 Å². The summed E-state index contributed by atoms with van der Waals surface area (Å²) in [6, 6.07) is 12.6. The van der Waals surface area contributed by atoms with Crippen LogP contribution < -0.4 is 0 Å². The van der Waals surface area contributed by atoms with Crippen LogP contribution in [0.25, 0.3) is 16.6 Å². The van der Waals surface area contributed by atoms with E-state index in [2.05, 4.69) is 5.10 Å². The number of carbonyl (C=O) groups is 1. The van der Waals surface area contributed by atoms with Crippen LogP contribution in [-0.2, 0) is 0 Å². The Morgan fingerprint density at radius 2 is 1.95 bits per heavy atom. The van der Waals surface area contributed by atoms with Crippen LogP contribution in [0.2, 0.25) is 5.02 Å². The molecule has 0 bridgehead atoms. The number of carboxylic acid groups (broad SMARTS) is 1. The summed E-state index contributed by atoms with van der Waals surface area (Å²) >= 11 is 5.87. The van der Waals surface area contributed by atoms with Crippen LogP contribution >= 0.6 is 11.6 Å². The van der Waals surface area contributed by atoms with Crippen molar-refractivity contribution in [2.45, 2.75) is 0 Å². The fourth-order valence-corrected chi connectivity index (χ4v) is 2.12. The van der Waals surface area contributed by atoms with Crippen LogP contribution in [0.3, 0.4) is 0 Å². The van der Waals surface area contributed by atoms with Crippen LogP contribution in [-0.4, -0.2) is 20.7 Å². The van der Waals surface area contributed by atoms with E-state index in [-0.39, 0.29) is 5.69 Å². The highest BCUT2D eigenvalue weighted by molar-refractivity contribution is 6.30. The second-order valence-electron chi connectivity index (χ2n) is 4.09. The van der Waals surface area contributed by atoms with Crippen molar-refractivity contribution in [2.24, 2.45) is 0 Å². The van der Waals surface area contributed by atoms with Gasteiger partial charge >= 0.3 is 5.97 Å². The number of aromatic nitrogens is 2. The third-order valence-electron chi connectivity index (χ3n) is 2.88. The van der Waals surface area contributed by atoms with Crippen molar-refractivity contribution < 1.29 is 9.90 Å². The van der Waals surface area contributed by atoms with Gasteiger partial charge in [-0.05, 0) is 35.9 Å². The van der Waals surface area contributed by atoms with Crippen molar-refractivity contribution in [1.29, 1.82) is 0 Å². The first-order valence-electron chi connectivity index (χ1n) is 5.63. The summed E-state index contributed by atoms with van der Waals surface area (Å²) in [6.07, 6.45) is 1.72. The SMILES string of the molecule is O=C(O)c1cc(-c2ccc(Cl)cc2)c2cccn2n1. The highest BCUT2D eigenvalue weighted by Crippen LogP contribution is 2.26. The standard InChI is InChI=1S/C14H9ClN2O2/c15-10-5-3-9(4-6-10)11-8-12(14(18)19)16-17-7-1-2-13(11)17/h1-8H,(H,18,19). The molecule has 3 aromatic rings. The molecule has 94 valence electrons. The average Bonchev–Trinajstić information content (AvgIpc) is 2.86. The number of fused-ring (bicyclic) bond motifs is 1. The zero-order chi connectivity index (χ0) is 13.4.